The predicted molar refractivity (Wildman–Crippen MR) is 64.4 cm³/mol. The van der Waals surface area contributed by atoms with E-state index in [-0.39, 0.29) is 11.6 Å². The van der Waals surface area contributed by atoms with E-state index in [0.717, 1.165) is 6.42 Å². The van der Waals surface area contributed by atoms with Crippen molar-refractivity contribution in [2.45, 2.75) is 19.3 Å². The summed E-state index contributed by atoms with van der Waals surface area (Å²) in [6.45, 7) is 0.537. The molecular weight excluding hydrogens is 230 g/mol. The molecule has 0 unspecified atom stereocenters. The van der Waals surface area contributed by atoms with Crippen LogP contribution in [-0.2, 0) is 4.79 Å². The van der Waals surface area contributed by atoms with Crippen molar-refractivity contribution < 1.29 is 14.4 Å². The highest BCUT2D eigenvalue weighted by atomic mass is 16.2. The number of ketones is 2. The van der Waals surface area contributed by atoms with Crippen LogP contribution in [0, 0.1) is 5.41 Å². The highest BCUT2D eigenvalue weighted by Gasteiger charge is 2.54. The lowest BCUT2D eigenvalue weighted by molar-refractivity contribution is -0.126. The molecule has 1 aromatic rings. The van der Waals surface area contributed by atoms with Crippen LogP contribution in [0.15, 0.2) is 24.3 Å². The number of carbonyl (C=O) groups excluding carboxylic acids is 3. The molecule has 4 nitrogen and oxygen atoms in total. The van der Waals surface area contributed by atoms with Gasteiger partial charge in [0, 0.05) is 17.7 Å². The van der Waals surface area contributed by atoms with Gasteiger partial charge in [0.25, 0.3) is 0 Å². The Morgan fingerprint density at radius 3 is 2.33 bits per heavy atom. The first-order valence-corrected chi connectivity index (χ1v) is 6.14. The number of fused-ring (bicyclic) bond motifs is 2. The van der Waals surface area contributed by atoms with Gasteiger partial charge in [-0.1, -0.05) is 18.2 Å². The van der Waals surface area contributed by atoms with Crippen LogP contribution in [0.5, 0.6) is 0 Å². The molecule has 0 atom stereocenters. The SMILES string of the molecule is O=C1NCCCCC12C(=O)c1cccc(c1)C2=O. The molecule has 1 saturated heterocycles. The molecule has 3 rings (SSSR count). The third kappa shape index (κ3) is 1.29. The topological polar surface area (TPSA) is 63.2 Å². The first-order valence-electron chi connectivity index (χ1n) is 6.14. The van der Waals surface area contributed by atoms with Gasteiger partial charge >= 0.3 is 0 Å². The highest BCUT2D eigenvalue weighted by molar-refractivity contribution is 6.34. The van der Waals surface area contributed by atoms with E-state index >= 15 is 0 Å². The fourth-order valence-corrected chi connectivity index (χ4v) is 2.81. The Hall–Kier alpha value is -1.97. The van der Waals surface area contributed by atoms with Gasteiger partial charge in [-0.2, -0.15) is 0 Å². The van der Waals surface area contributed by atoms with Crippen LogP contribution in [-0.4, -0.2) is 24.0 Å². The number of nitrogens with one attached hydrogen (secondary N) is 1. The number of hydrogen-bond acceptors (Lipinski definition) is 3. The third-order valence-corrected chi connectivity index (χ3v) is 3.81. The van der Waals surface area contributed by atoms with Gasteiger partial charge in [0.15, 0.2) is 17.0 Å². The zero-order chi connectivity index (χ0) is 12.8. The van der Waals surface area contributed by atoms with Crippen LogP contribution in [0.4, 0.5) is 0 Å². The van der Waals surface area contributed by atoms with Crippen LogP contribution < -0.4 is 5.32 Å². The van der Waals surface area contributed by atoms with Crippen molar-refractivity contribution >= 4 is 17.5 Å². The van der Waals surface area contributed by atoms with Crippen molar-refractivity contribution in [3.8, 4) is 0 Å². The maximum absolute atomic E-state index is 12.5. The minimum atomic E-state index is -1.50. The second kappa shape index (κ2) is 3.77. The molecule has 0 aromatic heterocycles. The molecule has 1 aromatic carbocycles. The van der Waals surface area contributed by atoms with Gasteiger partial charge in [-0.25, -0.2) is 0 Å². The van der Waals surface area contributed by atoms with Gasteiger partial charge < -0.3 is 5.32 Å². The standard InChI is InChI=1S/C14H13NO3/c16-11-9-4-3-5-10(8-9)12(17)14(11)6-1-2-7-15-13(14)18/h3-5,8H,1-2,6-7H2,(H,15,18). The number of rotatable bonds is 0. The van der Waals surface area contributed by atoms with Crippen LogP contribution in [0.2, 0.25) is 0 Å². The Kier molecular flexibility index (Phi) is 2.33. The van der Waals surface area contributed by atoms with E-state index in [4.69, 9.17) is 0 Å². The fraction of sp³-hybridized carbons (Fsp3) is 0.357. The van der Waals surface area contributed by atoms with Gasteiger partial charge in [-0.05, 0) is 25.3 Å². The number of carbonyl (C=O) groups is 3. The molecule has 0 radical (unpaired) electrons. The summed E-state index contributed by atoms with van der Waals surface area (Å²) in [7, 11) is 0. The van der Waals surface area contributed by atoms with E-state index in [1.165, 1.54) is 0 Å². The minimum Gasteiger partial charge on any atom is -0.355 e. The van der Waals surface area contributed by atoms with E-state index in [9.17, 15) is 14.4 Å². The Morgan fingerprint density at radius 1 is 1.00 bits per heavy atom. The summed E-state index contributed by atoms with van der Waals surface area (Å²) in [5, 5.41) is 2.70. The largest absolute Gasteiger partial charge is 0.355 e. The van der Waals surface area contributed by atoms with E-state index < -0.39 is 11.3 Å². The van der Waals surface area contributed by atoms with Crippen molar-refractivity contribution in [2.75, 3.05) is 6.54 Å². The Bertz CT molecular complexity index is 531. The van der Waals surface area contributed by atoms with Gasteiger partial charge in [-0.15, -0.1) is 0 Å². The molecule has 1 amide bonds. The Labute approximate surface area is 104 Å². The third-order valence-electron chi connectivity index (χ3n) is 3.81. The summed E-state index contributed by atoms with van der Waals surface area (Å²) >= 11 is 0. The minimum absolute atomic E-state index is 0.318. The molecule has 1 heterocycles. The second-order valence-electron chi connectivity index (χ2n) is 4.86. The molecule has 2 bridgehead atoms. The lowest BCUT2D eigenvalue weighted by Crippen LogP contribution is -2.52. The summed E-state index contributed by atoms with van der Waals surface area (Å²) in [4.78, 5) is 37.1. The molecule has 0 saturated carbocycles. The van der Waals surface area contributed by atoms with Crippen molar-refractivity contribution in [2.24, 2.45) is 5.41 Å². The molecule has 4 heteroatoms. The van der Waals surface area contributed by atoms with Gasteiger partial charge in [-0.3, -0.25) is 14.4 Å². The molecule has 1 spiro atoms. The average molecular weight is 243 g/mol. The zero-order valence-electron chi connectivity index (χ0n) is 9.86. The number of benzene rings is 1. The predicted octanol–water partition coefficient (Wildman–Crippen LogP) is 1.35. The van der Waals surface area contributed by atoms with E-state index in [1.54, 1.807) is 24.3 Å². The smallest absolute Gasteiger partial charge is 0.242 e. The average Bonchev–Trinajstić information content (AvgIpc) is 2.59. The fourth-order valence-electron chi connectivity index (χ4n) is 2.81. The van der Waals surface area contributed by atoms with Crippen LogP contribution in [0.3, 0.4) is 0 Å². The summed E-state index contributed by atoms with van der Waals surface area (Å²) in [5.74, 6) is -1.12. The molecule has 2 aliphatic rings. The lowest BCUT2D eigenvalue weighted by atomic mass is 9.67. The van der Waals surface area contributed by atoms with Crippen LogP contribution >= 0.6 is 0 Å². The van der Waals surface area contributed by atoms with Crippen molar-refractivity contribution in [1.82, 2.24) is 5.32 Å². The molecule has 92 valence electrons. The Balaban J connectivity index is 2.19. The summed E-state index contributed by atoms with van der Waals surface area (Å²) in [6.07, 6.45) is 1.83. The van der Waals surface area contributed by atoms with E-state index in [0.29, 0.717) is 30.5 Å². The number of Topliss-reactive ketones (excluding diaryl/α,β-unsaturated/α-hetero) is 2. The molecule has 1 aliphatic heterocycles. The van der Waals surface area contributed by atoms with Gasteiger partial charge in [0.05, 0.1) is 0 Å². The normalized spacial score (nSPS) is 21.7. The van der Waals surface area contributed by atoms with Crippen molar-refractivity contribution in [3.05, 3.63) is 35.4 Å². The number of amides is 1. The maximum Gasteiger partial charge on any atom is 0.242 e. The zero-order valence-corrected chi connectivity index (χ0v) is 9.86. The van der Waals surface area contributed by atoms with Crippen LogP contribution in [0.1, 0.15) is 40.0 Å². The van der Waals surface area contributed by atoms with Crippen molar-refractivity contribution in [3.63, 3.8) is 0 Å². The number of hydrogen-bond donors (Lipinski definition) is 1. The summed E-state index contributed by atoms with van der Waals surface area (Å²) in [5.41, 5.74) is -0.578. The van der Waals surface area contributed by atoms with Gasteiger partial charge in [0.2, 0.25) is 5.91 Å². The molecule has 1 fully saturated rings. The Morgan fingerprint density at radius 2 is 1.67 bits per heavy atom. The van der Waals surface area contributed by atoms with Crippen molar-refractivity contribution in [1.29, 1.82) is 0 Å². The molecule has 1 aliphatic carbocycles. The quantitative estimate of drug-likeness (QED) is 0.700. The molecular formula is C14H13NO3. The lowest BCUT2D eigenvalue weighted by Gasteiger charge is -2.31. The van der Waals surface area contributed by atoms with Crippen LogP contribution in [0.25, 0.3) is 0 Å². The monoisotopic (exact) mass is 243 g/mol. The first-order chi connectivity index (χ1) is 8.66. The maximum atomic E-state index is 12.5. The van der Waals surface area contributed by atoms with Gasteiger partial charge in [0.1, 0.15) is 0 Å². The molecule has 1 N–H and O–H groups in total. The van der Waals surface area contributed by atoms with E-state index in [2.05, 4.69) is 5.32 Å². The van der Waals surface area contributed by atoms with E-state index in [1.807, 2.05) is 0 Å². The first kappa shape index (κ1) is 11.1. The molecule has 18 heavy (non-hydrogen) atoms. The highest BCUT2D eigenvalue weighted by Crippen LogP contribution is 2.38. The summed E-state index contributed by atoms with van der Waals surface area (Å²) < 4.78 is 0. The second-order valence-corrected chi connectivity index (χ2v) is 4.86. The summed E-state index contributed by atoms with van der Waals surface area (Å²) in [6, 6.07) is 6.59.